The van der Waals surface area contributed by atoms with Gasteiger partial charge in [0.1, 0.15) is 0 Å². The first-order chi connectivity index (χ1) is 8.24. The van der Waals surface area contributed by atoms with Crippen LogP contribution in [0.1, 0.15) is 18.2 Å². The number of anilines is 2. The molecule has 0 spiro atoms. The molecule has 1 heterocycles. The summed E-state index contributed by atoms with van der Waals surface area (Å²) in [5.74, 6) is 0. The van der Waals surface area contributed by atoms with Crippen molar-refractivity contribution in [3.05, 3.63) is 40.9 Å². The Labute approximate surface area is 105 Å². The van der Waals surface area contributed by atoms with E-state index >= 15 is 0 Å². The Balaban J connectivity index is 2.24. The van der Waals surface area contributed by atoms with Gasteiger partial charge in [-0.2, -0.15) is 5.26 Å². The fourth-order valence-electron chi connectivity index (χ4n) is 1.48. The minimum atomic E-state index is 0.676. The van der Waals surface area contributed by atoms with E-state index in [4.69, 9.17) is 5.26 Å². The Bertz CT molecular complexity index is 537. The van der Waals surface area contributed by atoms with Gasteiger partial charge in [-0.05, 0) is 30.7 Å². The average molecular weight is 243 g/mol. The van der Waals surface area contributed by atoms with Crippen molar-refractivity contribution in [2.45, 2.75) is 13.3 Å². The third kappa shape index (κ3) is 2.45. The zero-order chi connectivity index (χ0) is 12.3. The van der Waals surface area contributed by atoms with E-state index in [2.05, 4.69) is 23.4 Å². The molecule has 1 aromatic carbocycles. The SMILES string of the molecule is CCc1csc(N(C)c2ccc(C#N)cc2)n1. The monoisotopic (exact) mass is 243 g/mol. The van der Waals surface area contributed by atoms with Crippen molar-refractivity contribution in [2.75, 3.05) is 11.9 Å². The second kappa shape index (κ2) is 4.98. The fourth-order valence-corrected chi connectivity index (χ4v) is 2.38. The van der Waals surface area contributed by atoms with Gasteiger partial charge in [0.15, 0.2) is 5.13 Å². The number of aromatic nitrogens is 1. The zero-order valence-corrected chi connectivity index (χ0v) is 10.7. The molecule has 0 saturated heterocycles. The maximum atomic E-state index is 8.75. The molecule has 4 heteroatoms. The maximum absolute atomic E-state index is 8.75. The van der Waals surface area contributed by atoms with E-state index in [1.165, 1.54) is 0 Å². The molecule has 0 amide bonds. The summed E-state index contributed by atoms with van der Waals surface area (Å²) in [6, 6.07) is 9.63. The third-order valence-corrected chi connectivity index (χ3v) is 3.54. The smallest absolute Gasteiger partial charge is 0.189 e. The van der Waals surface area contributed by atoms with Crippen LogP contribution in [0, 0.1) is 11.3 Å². The minimum Gasteiger partial charge on any atom is -0.321 e. The lowest BCUT2D eigenvalue weighted by molar-refractivity contribution is 1.04. The van der Waals surface area contributed by atoms with Crippen LogP contribution in [0.25, 0.3) is 0 Å². The standard InChI is InChI=1S/C13H13N3S/c1-3-11-9-17-13(15-11)16(2)12-6-4-10(8-14)5-7-12/h4-7,9H,3H2,1-2H3. The first kappa shape index (κ1) is 11.6. The summed E-state index contributed by atoms with van der Waals surface area (Å²) in [5, 5.41) is 11.8. The Morgan fingerprint density at radius 1 is 1.35 bits per heavy atom. The topological polar surface area (TPSA) is 39.9 Å². The first-order valence-corrected chi connectivity index (χ1v) is 6.31. The molecular weight excluding hydrogens is 230 g/mol. The second-order valence-electron chi connectivity index (χ2n) is 3.69. The number of benzene rings is 1. The highest BCUT2D eigenvalue weighted by atomic mass is 32.1. The molecule has 1 aromatic heterocycles. The maximum Gasteiger partial charge on any atom is 0.189 e. The van der Waals surface area contributed by atoms with Gasteiger partial charge in [0.05, 0.1) is 17.3 Å². The summed E-state index contributed by atoms with van der Waals surface area (Å²) in [7, 11) is 1.99. The summed E-state index contributed by atoms with van der Waals surface area (Å²) in [6.07, 6.45) is 0.956. The highest BCUT2D eigenvalue weighted by Gasteiger charge is 2.08. The molecule has 0 atom stereocenters. The molecule has 0 N–H and O–H groups in total. The number of aryl methyl sites for hydroxylation is 1. The third-order valence-electron chi connectivity index (χ3n) is 2.57. The molecule has 2 aromatic rings. The predicted octanol–water partition coefficient (Wildman–Crippen LogP) is 3.35. The van der Waals surface area contributed by atoms with Gasteiger partial charge in [0, 0.05) is 18.1 Å². The van der Waals surface area contributed by atoms with Crippen LogP contribution >= 0.6 is 11.3 Å². The molecule has 0 unspecified atom stereocenters. The van der Waals surface area contributed by atoms with Gasteiger partial charge in [-0.15, -0.1) is 11.3 Å². The number of nitriles is 1. The number of thiazole rings is 1. The Morgan fingerprint density at radius 3 is 2.59 bits per heavy atom. The molecule has 0 fully saturated rings. The first-order valence-electron chi connectivity index (χ1n) is 5.43. The fraction of sp³-hybridized carbons (Fsp3) is 0.231. The second-order valence-corrected chi connectivity index (χ2v) is 4.53. The lowest BCUT2D eigenvalue weighted by atomic mass is 10.2. The zero-order valence-electron chi connectivity index (χ0n) is 9.84. The molecule has 0 saturated carbocycles. The highest BCUT2D eigenvalue weighted by molar-refractivity contribution is 7.13. The van der Waals surface area contributed by atoms with Gasteiger partial charge in [-0.3, -0.25) is 0 Å². The van der Waals surface area contributed by atoms with Gasteiger partial charge in [0.25, 0.3) is 0 Å². The Hall–Kier alpha value is -1.86. The molecular formula is C13H13N3S. The number of rotatable bonds is 3. The molecule has 0 aliphatic heterocycles. The average Bonchev–Trinajstić information content (AvgIpc) is 2.87. The molecule has 17 heavy (non-hydrogen) atoms. The summed E-state index contributed by atoms with van der Waals surface area (Å²) < 4.78 is 0. The lowest BCUT2D eigenvalue weighted by Crippen LogP contribution is -2.08. The van der Waals surface area contributed by atoms with Crippen molar-refractivity contribution in [3.63, 3.8) is 0 Å². The van der Waals surface area contributed by atoms with Crippen LogP contribution in [0.2, 0.25) is 0 Å². The van der Waals surface area contributed by atoms with E-state index in [0.717, 1.165) is 22.9 Å². The van der Waals surface area contributed by atoms with E-state index in [-0.39, 0.29) is 0 Å². The molecule has 2 rings (SSSR count). The van der Waals surface area contributed by atoms with Crippen molar-refractivity contribution in [2.24, 2.45) is 0 Å². The summed E-state index contributed by atoms with van der Waals surface area (Å²) in [4.78, 5) is 6.56. The van der Waals surface area contributed by atoms with E-state index in [0.29, 0.717) is 5.56 Å². The van der Waals surface area contributed by atoms with Crippen LogP contribution in [-0.4, -0.2) is 12.0 Å². The largest absolute Gasteiger partial charge is 0.321 e. The van der Waals surface area contributed by atoms with Gasteiger partial charge >= 0.3 is 0 Å². The van der Waals surface area contributed by atoms with Crippen molar-refractivity contribution >= 4 is 22.2 Å². The van der Waals surface area contributed by atoms with E-state index in [9.17, 15) is 0 Å². The van der Waals surface area contributed by atoms with Crippen LogP contribution in [0.3, 0.4) is 0 Å². The quantitative estimate of drug-likeness (QED) is 0.830. The van der Waals surface area contributed by atoms with E-state index in [1.807, 2.05) is 36.2 Å². The van der Waals surface area contributed by atoms with Crippen molar-refractivity contribution in [3.8, 4) is 6.07 Å². The van der Waals surface area contributed by atoms with Crippen LogP contribution in [0.4, 0.5) is 10.8 Å². The Morgan fingerprint density at radius 2 is 2.06 bits per heavy atom. The summed E-state index contributed by atoms with van der Waals surface area (Å²) in [6.45, 7) is 2.10. The normalized spacial score (nSPS) is 9.94. The molecule has 3 nitrogen and oxygen atoms in total. The van der Waals surface area contributed by atoms with Gasteiger partial charge in [-0.1, -0.05) is 6.92 Å². The predicted molar refractivity (Wildman–Crippen MR) is 70.7 cm³/mol. The van der Waals surface area contributed by atoms with Gasteiger partial charge in [0.2, 0.25) is 0 Å². The van der Waals surface area contributed by atoms with Gasteiger partial charge < -0.3 is 4.90 Å². The summed E-state index contributed by atoms with van der Waals surface area (Å²) in [5.41, 5.74) is 2.84. The minimum absolute atomic E-state index is 0.676. The molecule has 0 aliphatic carbocycles. The van der Waals surface area contributed by atoms with Crippen LogP contribution in [0.15, 0.2) is 29.6 Å². The number of hydrogen-bond acceptors (Lipinski definition) is 4. The van der Waals surface area contributed by atoms with Crippen LogP contribution < -0.4 is 4.90 Å². The molecule has 0 radical (unpaired) electrons. The number of nitrogens with zero attached hydrogens (tertiary/aromatic N) is 3. The van der Waals surface area contributed by atoms with E-state index < -0.39 is 0 Å². The number of hydrogen-bond donors (Lipinski definition) is 0. The van der Waals surface area contributed by atoms with Crippen LogP contribution in [0.5, 0.6) is 0 Å². The van der Waals surface area contributed by atoms with Crippen molar-refractivity contribution in [1.82, 2.24) is 4.98 Å². The van der Waals surface area contributed by atoms with Crippen LogP contribution in [-0.2, 0) is 6.42 Å². The lowest BCUT2D eigenvalue weighted by Gasteiger charge is -2.15. The van der Waals surface area contributed by atoms with Crippen molar-refractivity contribution in [1.29, 1.82) is 5.26 Å². The highest BCUT2D eigenvalue weighted by Crippen LogP contribution is 2.27. The van der Waals surface area contributed by atoms with Gasteiger partial charge in [-0.25, -0.2) is 4.98 Å². The molecule has 0 bridgehead atoms. The van der Waals surface area contributed by atoms with E-state index in [1.54, 1.807) is 11.3 Å². The Kier molecular flexibility index (Phi) is 3.40. The molecule has 0 aliphatic rings. The van der Waals surface area contributed by atoms with Crippen molar-refractivity contribution < 1.29 is 0 Å². The summed E-state index contributed by atoms with van der Waals surface area (Å²) >= 11 is 1.64. The molecule has 86 valence electrons.